The number of nitrogens with zero attached hydrogens (tertiary/aromatic N) is 2. The minimum Gasteiger partial charge on any atom is -0.487 e. The van der Waals surface area contributed by atoms with Gasteiger partial charge < -0.3 is 10.5 Å². The Hall–Kier alpha value is -1.17. The molecule has 0 saturated carbocycles. The zero-order valence-electron chi connectivity index (χ0n) is 12.0. The molecule has 0 bridgehead atoms. The Bertz CT molecular complexity index is 658. The van der Waals surface area contributed by atoms with Gasteiger partial charge in [-0.05, 0) is 19.1 Å². The first-order chi connectivity index (χ1) is 10.1. The Morgan fingerprint density at radius 3 is 3.00 bits per heavy atom. The van der Waals surface area contributed by atoms with Crippen LogP contribution in [0.2, 0.25) is 5.02 Å². The Morgan fingerprint density at radius 2 is 2.29 bits per heavy atom. The van der Waals surface area contributed by atoms with Gasteiger partial charge in [-0.15, -0.1) is 11.8 Å². The van der Waals surface area contributed by atoms with Crippen molar-refractivity contribution in [3.8, 4) is 5.75 Å². The van der Waals surface area contributed by atoms with Crippen molar-refractivity contribution < 1.29 is 4.74 Å². The number of fused-ring (bicyclic) bond motifs is 1. The summed E-state index contributed by atoms with van der Waals surface area (Å²) in [5.41, 5.74) is 8.15. The highest BCUT2D eigenvalue weighted by atomic mass is 35.5. The largest absolute Gasteiger partial charge is 0.487 e. The maximum absolute atomic E-state index is 6.35. The molecule has 1 aromatic heterocycles. The fraction of sp³-hybridized carbons (Fsp3) is 0.400. The molecule has 21 heavy (non-hydrogen) atoms. The molecule has 1 aromatic carbocycles. The summed E-state index contributed by atoms with van der Waals surface area (Å²) in [6.45, 7) is 1.90. The molecule has 0 spiro atoms. The quantitative estimate of drug-likeness (QED) is 0.943. The number of hydrogen-bond acceptors (Lipinski definition) is 4. The van der Waals surface area contributed by atoms with E-state index in [1.54, 1.807) is 16.4 Å². The van der Waals surface area contributed by atoms with Crippen LogP contribution >= 0.6 is 23.4 Å². The van der Waals surface area contributed by atoms with Crippen molar-refractivity contribution >= 4 is 23.4 Å². The lowest BCUT2D eigenvalue weighted by molar-refractivity contribution is 0.183. The number of benzene rings is 1. The van der Waals surface area contributed by atoms with Gasteiger partial charge in [0.2, 0.25) is 0 Å². The molecule has 2 N–H and O–H groups in total. The fourth-order valence-electron chi connectivity index (χ4n) is 2.50. The van der Waals surface area contributed by atoms with Crippen LogP contribution in [0.25, 0.3) is 0 Å². The Balaban J connectivity index is 1.73. The number of thioether (sulfide) groups is 1. The lowest BCUT2D eigenvalue weighted by Crippen LogP contribution is -2.44. The second-order valence-corrected chi connectivity index (χ2v) is 6.69. The second-order valence-electron chi connectivity index (χ2n) is 5.25. The smallest absolute Gasteiger partial charge is 0.133 e. The topological polar surface area (TPSA) is 53.1 Å². The highest BCUT2D eigenvalue weighted by Gasteiger charge is 2.27. The molecule has 4 nitrogen and oxygen atoms in total. The SMILES string of the molecule is Cc1nn(C)c(CC(N)C2CSc3ccccc3O2)c1Cl. The van der Waals surface area contributed by atoms with Crippen molar-refractivity contribution in [1.82, 2.24) is 9.78 Å². The number of aromatic nitrogens is 2. The van der Waals surface area contributed by atoms with Gasteiger partial charge in [-0.2, -0.15) is 5.10 Å². The second kappa shape index (κ2) is 5.91. The molecule has 2 aromatic rings. The average Bonchev–Trinajstić information content (AvgIpc) is 2.73. The van der Waals surface area contributed by atoms with E-state index in [1.807, 2.05) is 32.2 Å². The molecule has 1 aliphatic heterocycles. The molecule has 2 unspecified atom stereocenters. The number of para-hydroxylation sites is 1. The number of hydrogen-bond donors (Lipinski definition) is 1. The third-order valence-corrected chi connectivity index (χ3v) is 5.33. The lowest BCUT2D eigenvalue weighted by Gasteiger charge is -2.29. The highest BCUT2D eigenvalue weighted by Crippen LogP contribution is 2.36. The van der Waals surface area contributed by atoms with Gasteiger partial charge in [0.15, 0.2) is 0 Å². The molecule has 112 valence electrons. The van der Waals surface area contributed by atoms with E-state index >= 15 is 0 Å². The number of halogens is 1. The third-order valence-electron chi connectivity index (χ3n) is 3.70. The predicted octanol–water partition coefficient (Wildman–Crippen LogP) is 2.81. The van der Waals surface area contributed by atoms with Crippen LogP contribution in [0.15, 0.2) is 29.2 Å². The van der Waals surface area contributed by atoms with Gasteiger partial charge >= 0.3 is 0 Å². The monoisotopic (exact) mass is 323 g/mol. The maximum atomic E-state index is 6.35. The number of rotatable bonds is 3. The van der Waals surface area contributed by atoms with E-state index in [-0.39, 0.29) is 12.1 Å². The van der Waals surface area contributed by atoms with Crippen molar-refractivity contribution in [1.29, 1.82) is 0 Å². The minimum absolute atomic E-state index is 0.0174. The van der Waals surface area contributed by atoms with Crippen LogP contribution in [-0.4, -0.2) is 27.7 Å². The summed E-state index contributed by atoms with van der Waals surface area (Å²) in [6, 6.07) is 7.95. The zero-order chi connectivity index (χ0) is 15.0. The van der Waals surface area contributed by atoms with Crippen LogP contribution in [-0.2, 0) is 13.5 Å². The summed E-state index contributed by atoms with van der Waals surface area (Å²) < 4.78 is 7.84. The Morgan fingerprint density at radius 1 is 1.52 bits per heavy atom. The molecule has 0 radical (unpaired) electrons. The summed E-state index contributed by atoms with van der Waals surface area (Å²) >= 11 is 8.08. The lowest BCUT2D eigenvalue weighted by atomic mass is 10.1. The van der Waals surface area contributed by atoms with E-state index in [9.17, 15) is 0 Å². The Labute approximate surface area is 133 Å². The first kappa shape index (κ1) is 14.8. The van der Waals surface area contributed by atoms with Gasteiger partial charge in [-0.25, -0.2) is 0 Å². The summed E-state index contributed by atoms with van der Waals surface area (Å²) in [5.74, 6) is 1.77. The van der Waals surface area contributed by atoms with Crippen molar-refractivity contribution in [2.45, 2.75) is 30.4 Å². The summed E-state index contributed by atoms with van der Waals surface area (Å²) in [6.07, 6.45) is 0.639. The van der Waals surface area contributed by atoms with Crippen LogP contribution in [0.1, 0.15) is 11.4 Å². The third kappa shape index (κ3) is 2.91. The maximum Gasteiger partial charge on any atom is 0.133 e. The molecular weight excluding hydrogens is 306 g/mol. The number of nitrogens with two attached hydrogens (primary N) is 1. The van der Waals surface area contributed by atoms with Crippen LogP contribution in [0.3, 0.4) is 0 Å². The van der Waals surface area contributed by atoms with Gasteiger partial charge in [-0.3, -0.25) is 4.68 Å². The number of aryl methyl sites for hydroxylation is 2. The average molecular weight is 324 g/mol. The van der Waals surface area contributed by atoms with Gasteiger partial charge in [0.25, 0.3) is 0 Å². The normalized spacial score (nSPS) is 19.0. The molecule has 1 aliphatic rings. The van der Waals surface area contributed by atoms with Crippen molar-refractivity contribution in [2.24, 2.45) is 12.8 Å². The van der Waals surface area contributed by atoms with E-state index in [1.165, 1.54) is 4.90 Å². The summed E-state index contributed by atoms with van der Waals surface area (Å²) in [7, 11) is 1.90. The molecule has 2 atom stereocenters. The summed E-state index contributed by atoms with van der Waals surface area (Å²) in [4.78, 5) is 1.18. The van der Waals surface area contributed by atoms with E-state index < -0.39 is 0 Å². The van der Waals surface area contributed by atoms with E-state index in [0.717, 1.165) is 22.9 Å². The predicted molar refractivity (Wildman–Crippen MR) is 86.2 cm³/mol. The van der Waals surface area contributed by atoms with Crippen LogP contribution in [0.4, 0.5) is 0 Å². The fourth-order valence-corrected chi connectivity index (χ4v) is 3.83. The molecule has 0 amide bonds. The number of ether oxygens (including phenoxy) is 1. The van der Waals surface area contributed by atoms with Crippen LogP contribution in [0.5, 0.6) is 5.75 Å². The summed E-state index contributed by atoms with van der Waals surface area (Å²) in [5, 5.41) is 5.03. The molecule has 3 rings (SSSR count). The standard InChI is InChI=1S/C15H18ClN3OS/c1-9-15(16)11(19(2)18-9)7-10(17)13-8-21-14-6-4-3-5-12(14)20-13/h3-6,10,13H,7-8,17H2,1-2H3. The molecule has 0 fully saturated rings. The van der Waals surface area contributed by atoms with E-state index in [2.05, 4.69) is 11.2 Å². The first-order valence-corrected chi connectivity index (χ1v) is 8.24. The Kier molecular flexibility index (Phi) is 4.15. The van der Waals surface area contributed by atoms with Crippen molar-refractivity contribution in [3.63, 3.8) is 0 Å². The molecular formula is C15H18ClN3OS. The van der Waals surface area contributed by atoms with Crippen molar-refractivity contribution in [3.05, 3.63) is 40.7 Å². The molecule has 6 heteroatoms. The van der Waals surface area contributed by atoms with Crippen molar-refractivity contribution in [2.75, 3.05) is 5.75 Å². The molecule has 0 aliphatic carbocycles. The minimum atomic E-state index is -0.113. The van der Waals surface area contributed by atoms with Gasteiger partial charge in [-0.1, -0.05) is 23.7 Å². The van der Waals surface area contributed by atoms with Gasteiger partial charge in [0.05, 0.1) is 16.4 Å². The van der Waals surface area contributed by atoms with E-state index in [0.29, 0.717) is 11.4 Å². The van der Waals surface area contributed by atoms with Crippen LogP contribution < -0.4 is 10.5 Å². The highest BCUT2D eigenvalue weighted by molar-refractivity contribution is 7.99. The zero-order valence-corrected chi connectivity index (χ0v) is 13.6. The van der Waals surface area contributed by atoms with Gasteiger partial charge in [0, 0.05) is 30.2 Å². The van der Waals surface area contributed by atoms with Crippen LogP contribution in [0, 0.1) is 6.92 Å². The molecule has 2 heterocycles. The molecule has 0 saturated heterocycles. The van der Waals surface area contributed by atoms with Gasteiger partial charge in [0.1, 0.15) is 11.9 Å². The first-order valence-electron chi connectivity index (χ1n) is 6.88. The van der Waals surface area contributed by atoms with E-state index in [4.69, 9.17) is 22.1 Å².